The molecule has 0 saturated carbocycles. The summed E-state index contributed by atoms with van der Waals surface area (Å²) in [6, 6.07) is 11.3. The van der Waals surface area contributed by atoms with Gasteiger partial charge >= 0.3 is 11.6 Å². The van der Waals surface area contributed by atoms with Crippen molar-refractivity contribution in [2.45, 2.75) is 13.8 Å². The second-order valence-corrected chi connectivity index (χ2v) is 8.86. The van der Waals surface area contributed by atoms with Crippen LogP contribution < -0.4 is 20.4 Å². The van der Waals surface area contributed by atoms with Gasteiger partial charge < -0.3 is 19.2 Å². The highest BCUT2D eigenvalue weighted by atomic mass is 79.9. The van der Waals surface area contributed by atoms with Crippen molar-refractivity contribution in [1.29, 1.82) is 0 Å². The number of hydrogen-bond donors (Lipinski definition) is 1. The van der Waals surface area contributed by atoms with Crippen molar-refractivity contribution in [1.82, 2.24) is 5.32 Å². The van der Waals surface area contributed by atoms with E-state index < -0.39 is 17.5 Å². The zero-order valence-electron chi connectivity index (χ0n) is 16.7. The Morgan fingerprint density at radius 2 is 1.87 bits per heavy atom. The predicted octanol–water partition coefficient (Wildman–Crippen LogP) is 4.69. The summed E-state index contributed by atoms with van der Waals surface area (Å²) in [4.78, 5) is 36.5. The molecular formula is C22H19Br2NO6. The second kappa shape index (κ2) is 10.1. The fourth-order valence-corrected chi connectivity index (χ4v) is 3.76. The van der Waals surface area contributed by atoms with E-state index in [1.54, 1.807) is 30.3 Å². The van der Waals surface area contributed by atoms with E-state index in [1.807, 2.05) is 13.8 Å². The van der Waals surface area contributed by atoms with Crippen LogP contribution in [0.3, 0.4) is 0 Å². The van der Waals surface area contributed by atoms with Crippen LogP contribution in [0.5, 0.6) is 11.5 Å². The molecule has 2 aromatic carbocycles. The SMILES string of the molecule is CC(C)CNC(=O)c1cc2ccc(OC(=O)COc3ccc(Br)cc3Br)cc2oc1=O. The molecule has 0 unspecified atom stereocenters. The summed E-state index contributed by atoms with van der Waals surface area (Å²) in [5.74, 6) is -0.177. The summed E-state index contributed by atoms with van der Waals surface area (Å²) in [5, 5.41) is 3.22. The minimum absolute atomic E-state index is 0.0774. The molecule has 3 rings (SSSR count). The van der Waals surface area contributed by atoms with Crippen LogP contribution in [0.25, 0.3) is 11.0 Å². The molecule has 0 fully saturated rings. The Bertz CT molecular complexity index is 1190. The van der Waals surface area contributed by atoms with Crippen molar-refractivity contribution in [2.24, 2.45) is 5.92 Å². The van der Waals surface area contributed by atoms with Gasteiger partial charge in [-0.2, -0.15) is 0 Å². The molecule has 0 saturated heterocycles. The van der Waals surface area contributed by atoms with Gasteiger partial charge in [0.15, 0.2) is 6.61 Å². The Labute approximate surface area is 195 Å². The Balaban J connectivity index is 1.69. The van der Waals surface area contributed by atoms with Gasteiger partial charge in [0.25, 0.3) is 5.91 Å². The topological polar surface area (TPSA) is 94.8 Å². The molecule has 0 aliphatic heterocycles. The Morgan fingerprint density at radius 1 is 1.10 bits per heavy atom. The van der Waals surface area contributed by atoms with Crippen molar-refractivity contribution in [3.8, 4) is 11.5 Å². The molecule has 1 heterocycles. The van der Waals surface area contributed by atoms with Crippen LogP contribution in [-0.2, 0) is 4.79 Å². The molecule has 0 atom stereocenters. The third kappa shape index (κ3) is 6.18. The third-order valence-electron chi connectivity index (χ3n) is 4.09. The maximum atomic E-state index is 12.2. The van der Waals surface area contributed by atoms with Crippen LogP contribution >= 0.6 is 31.9 Å². The maximum absolute atomic E-state index is 12.2. The van der Waals surface area contributed by atoms with Gasteiger partial charge in [-0.05, 0) is 58.2 Å². The number of halogens is 2. The first-order valence-electron chi connectivity index (χ1n) is 9.37. The number of nitrogens with one attached hydrogen (secondary N) is 1. The standard InChI is InChI=1S/C22H19Br2NO6/c1-12(2)10-25-21(27)16-7-13-3-5-15(9-19(13)31-22(16)28)30-20(26)11-29-18-6-4-14(23)8-17(18)24/h3-9,12H,10-11H2,1-2H3,(H,25,27). The number of ether oxygens (including phenoxy) is 2. The van der Waals surface area contributed by atoms with Crippen LogP contribution in [0.15, 0.2) is 60.6 Å². The van der Waals surface area contributed by atoms with Crippen molar-refractivity contribution >= 4 is 54.7 Å². The largest absolute Gasteiger partial charge is 0.481 e. The lowest BCUT2D eigenvalue weighted by Gasteiger charge is -2.09. The van der Waals surface area contributed by atoms with E-state index in [0.29, 0.717) is 22.2 Å². The Kier molecular flexibility index (Phi) is 7.50. The number of fused-ring (bicyclic) bond motifs is 1. The first kappa shape index (κ1) is 23.0. The average molecular weight is 553 g/mol. The van der Waals surface area contributed by atoms with Gasteiger partial charge in [0.2, 0.25) is 0 Å². The number of carbonyl (C=O) groups excluding carboxylic acids is 2. The monoisotopic (exact) mass is 551 g/mol. The van der Waals surface area contributed by atoms with Crippen LogP contribution in [-0.4, -0.2) is 25.0 Å². The molecule has 3 aromatic rings. The average Bonchev–Trinajstić information content (AvgIpc) is 2.70. The van der Waals surface area contributed by atoms with E-state index in [2.05, 4.69) is 37.2 Å². The zero-order chi connectivity index (χ0) is 22.5. The van der Waals surface area contributed by atoms with Crippen molar-refractivity contribution < 1.29 is 23.5 Å². The van der Waals surface area contributed by atoms with Crippen LogP contribution in [0, 0.1) is 5.92 Å². The van der Waals surface area contributed by atoms with E-state index in [0.717, 1.165) is 4.47 Å². The molecule has 0 aliphatic carbocycles. The van der Waals surface area contributed by atoms with Crippen LogP contribution in [0.1, 0.15) is 24.2 Å². The van der Waals surface area contributed by atoms with Gasteiger partial charge in [0, 0.05) is 22.5 Å². The number of rotatable bonds is 7. The Hall–Kier alpha value is -2.65. The fraction of sp³-hybridized carbons (Fsp3) is 0.227. The highest BCUT2D eigenvalue weighted by Crippen LogP contribution is 2.28. The van der Waals surface area contributed by atoms with E-state index in [1.165, 1.54) is 12.1 Å². The van der Waals surface area contributed by atoms with Crippen molar-refractivity contribution in [3.63, 3.8) is 0 Å². The summed E-state index contributed by atoms with van der Waals surface area (Å²) in [6.45, 7) is 4.05. The van der Waals surface area contributed by atoms with E-state index in [9.17, 15) is 14.4 Å². The molecule has 9 heteroatoms. The normalized spacial score (nSPS) is 10.9. The molecular weight excluding hydrogens is 534 g/mol. The molecule has 1 amide bonds. The molecule has 0 bridgehead atoms. The van der Waals surface area contributed by atoms with E-state index in [-0.39, 0.29) is 29.4 Å². The number of amides is 1. The smallest absolute Gasteiger partial charge is 0.349 e. The van der Waals surface area contributed by atoms with Gasteiger partial charge in [0.1, 0.15) is 22.6 Å². The lowest BCUT2D eigenvalue weighted by Crippen LogP contribution is -2.31. The third-order valence-corrected chi connectivity index (χ3v) is 5.21. The molecule has 162 valence electrons. The van der Waals surface area contributed by atoms with Crippen LogP contribution in [0.2, 0.25) is 0 Å². The number of benzene rings is 2. The van der Waals surface area contributed by atoms with Gasteiger partial charge in [-0.1, -0.05) is 29.8 Å². The molecule has 1 N–H and O–H groups in total. The molecule has 31 heavy (non-hydrogen) atoms. The van der Waals surface area contributed by atoms with Crippen LogP contribution in [0.4, 0.5) is 0 Å². The molecule has 0 aliphatic rings. The molecule has 1 aromatic heterocycles. The maximum Gasteiger partial charge on any atom is 0.349 e. The summed E-state index contributed by atoms with van der Waals surface area (Å²) < 4.78 is 17.5. The second-order valence-electron chi connectivity index (χ2n) is 7.09. The van der Waals surface area contributed by atoms with Crippen molar-refractivity contribution in [3.05, 3.63) is 67.4 Å². The summed E-state index contributed by atoms with van der Waals surface area (Å²) in [7, 11) is 0. The predicted molar refractivity (Wildman–Crippen MR) is 123 cm³/mol. The molecule has 7 nitrogen and oxygen atoms in total. The fourth-order valence-electron chi connectivity index (χ4n) is 2.60. The molecule has 0 spiro atoms. The first-order valence-corrected chi connectivity index (χ1v) is 11.0. The van der Waals surface area contributed by atoms with Gasteiger partial charge in [-0.25, -0.2) is 9.59 Å². The van der Waals surface area contributed by atoms with E-state index >= 15 is 0 Å². The number of carbonyl (C=O) groups is 2. The highest BCUT2D eigenvalue weighted by molar-refractivity contribution is 9.11. The summed E-state index contributed by atoms with van der Waals surface area (Å²) >= 11 is 6.69. The van der Waals surface area contributed by atoms with E-state index in [4.69, 9.17) is 13.9 Å². The minimum atomic E-state index is -0.763. The van der Waals surface area contributed by atoms with Gasteiger partial charge in [-0.15, -0.1) is 0 Å². The lowest BCUT2D eigenvalue weighted by molar-refractivity contribution is -0.136. The highest BCUT2D eigenvalue weighted by Gasteiger charge is 2.15. The molecule has 0 radical (unpaired) electrons. The number of hydrogen-bond acceptors (Lipinski definition) is 6. The summed E-state index contributed by atoms with van der Waals surface area (Å²) in [5.41, 5.74) is -0.640. The van der Waals surface area contributed by atoms with Gasteiger partial charge in [-0.3, -0.25) is 4.79 Å². The minimum Gasteiger partial charge on any atom is -0.481 e. The lowest BCUT2D eigenvalue weighted by atomic mass is 10.1. The van der Waals surface area contributed by atoms with Gasteiger partial charge in [0.05, 0.1) is 4.47 Å². The number of esters is 1. The quantitative estimate of drug-likeness (QED) is 0.259. The summed E-state index contributed by atoms with van der Waals surface area (Å²) in [6.07, 6.45) is 0. The Morgan fingerprint density at radius 3 is 2.58 bits per heavy atom. The van der Waals surface area contributed by atoms with Crippen molar-refractivity contribution in [2.75, 3.05) is 13.2 Å². The zero-order valence-corrected chi connectivity index (χ0v) is 19.9. The first-order chi connectivity index (χ1) is 14.7.